The second kappa shape index (κ2) is 4.85. The van der Waals surface area contributed by atoms with Crippen molar-refractivity contribution >= 4 is 17.4 Å². The van der Waals surface area contributed by atoms with E-state index in [1.54, 1.807) is 6.20 Å². The van der Waals surface area contributed by atoms with Gasteiger partial charge in [0, 0.05) is 18.4 Å². The molecule has 1 aliphatic carbocycles. The highest BCUT2D eigenvalue weighted by Crippen LogP contribution is 2.34. The second-order valence-electron chi connectivity index (χ2n) is 5.06. The Kier molecular flexibility index (Phi) is 3.19. The summed E-state index contributed by atoms with van der Waals surface area (Å²) in [5.74, 6) is 0.719. The van der Waals surface area contributed by atoms with Crippen LogP contribution in [-0.2, 0) is 13.5 Å². The number of anilines is 1. The average Bonchev–Trinajstić information content (AvgIpc) is 2.70. The number of hydrogen-bond donors (Lipinski definition) is 1. The van der Waals surface area contributed by atoms with E-state index in [1.165, 1.54) is 29.7 Å². The fourth-order valence-corrected chi connectivity index (χ4v) is 2.95. The highest BCUT2D eigenvalue weighted by Gasteiger charge is 2.24. The van der Waals surface area contributed by atoms with Crippen LogP contribution in [0.2, 0.25) is 5.02 Å². The fraction of sp³-hybridized carbons (Fsp3) is 0.429. The predicted molar refractivity (Wildman–Crippen MR) is 76.5 cm³/mol. The van der Waals surface area contributed by atoms with Gasteiger partial charge in [0.2, 0.25) is 0 Å². The van der Waals surface area contributed by atoms with Crippen molar-refractivity contribution in [1.29, 1.82) is 0 Å². The van der Waals surface area contributed by atoms with Gasteiger partial charge in [-0.3, -0.25) is 0 Å². The average molecular weight is 277 g/mol. The first-order valence-corrected chi connectivity index (χ1v) is 6.91. The van der Waals surface area contributed by atoms with Crippen LogP contribution in [0.1, 0.15) is 35.8 Å². The number of fused-ring (bicyclic) bond motifs is 1. The van der Waals surface area contributed by atoms with E-state index in [2.05, 4.69) is 39.9 Å². The second-order valence-corrected chi connectivity index (χ2v) is 5.46. The summed E-state index contributed by atoms with van der Waals surface area (Å²) < 4.78 is 2.28. The standard InChI is InChI=1S/C14H17ClN4/c1-9-6-10-12(4-3-5-13(10)19(9)2)18-14-11(15)7-16-8-17-14/h6-8,12H,3-5H2,1-2H3,(H,16,17,18). The molecule has 1 aliphatic rings. The number of nitrogens with zero attached hydrogens (tertiary/aromatic N) is 3. The Labute approximate surface area is 117 Å². The van der Waals surface area contributed by atoms with E-state index in [0.717, 1.165) is 18.7 Å². The van der Waals surface area contributed by atoms with E-state index in [4.69, 9.17) is 11.6 Å². The maximum atomic E-state index is 6.11. The predicted octanol–water partition coefficient (Wildman–Crippen LogP) is 3.27. The smallest absolute Gasteiger partial charge is 0.148 e. The first-order chi connectivity index (χ1) is 9.16. The molecule has 0 fully saturated rings. The molecule has 3 rings (SSSR count). The molecular formula is C14H17ClN4. The zero-order chi connectivity index (χ0) is 13.4. The van der Waals surface area contributed by atoms with Crippen LogP contribution >= 0.6 is 11.6 Å². The lowest BCUT2D eigenvalue weighted by molar-refractivity contribution is 0.577. The van der Waals surface area contributed by atoms with Gasteiger partial charge in [-0.1, -0.05) is 11.6 Å². The zero-order valence-corrected chi connectivity index (χ0v) is 11.9. The summed E-state index contributed by atoms with van der Waals surface area (Å²) in [6.07, 6.45) is 6.59. The Morgan fingerprint density at radius 2 is 2.32 bits per heavy atom. The Balaban J connectivity index is 1.92. The topological polar surface area (TPSA) is 42.7 Å². The molecule has 19 heavy (non-hydrogen) atoms. The minimum Gasteiger partial charge on any atom is -0.362 e. The number of halogens is 1. The molecule has 0 spiro atoms. The van der Waals surface area contributed by atoms with Gasteiger partial charge in [-0.2, -0.15) is 0 Å². The highest BCUT2D eigenvalue weighted by atomic mass is 35.5. The maximum Gasteiger partial charge on any atom is 0.148 e. The van der Waals surface area contributed by atoms with E-state index in [-0.39, 0.29) is 6.04 Å². The zero-order valence-electron chi connectivity index (χ0n) is 11.2. The van der Waals surface area contributed by atoms with E-state index in [0.29, 0.717) is 5.02 Å². The molecule has 0 saturated heterocycles. The van der Waals surface area contributed by atoms with Gasteiger partial charge in [0.15, 0.2) is 0 Å². The number of aryl methyl sites for hydroxylation is 1. The normalized spacial score (nSPS) is 18.2. The summed E-state index contributed by atoms with van der Waals surface area (Å²) in [7, 11) is 2.13. The minimum absolute atomic E-state index is 0.288. The van der Waals surface area contributed by atoms with Gasteiger partial charge < -0.3 is 9.88 Å². The van der Waals surface area contributed by atoms with Crippen molar-refractivity contribution in [2.24, 2.45) is 7.05 Å². The number of rotatable bonds is 2. The molecule has 1 atom stereocenters. The molecular weight excluding hydrogens is 260 g/mol. The van der Waals surface area contributed by atoms with Gasteiger partial charge in [0.25, 0.3) is 0 Å². The number of hydrogen-bond acceptors (Lipinski definition) is 3. The molecule has 1 unspecified atom stereocenters. The van der Waals surface area contributed by atoms with Crippen molar-refractivity contribution in [3.8, 4) is 0 Å². The van der Waals surface area contributed by atoms with Crippen molar-refractivity contribution in [3.63, 3.8) is 0 Å². The van der Waals surface area contributed by atoms with Gasteiger partial charge in [-0.15, -0.1) is 0 Å². The molecule has 1 N–H and O–H groups in total. The summed E-state index contributed by atoms with van der Waals surface area (Å²) >= 11 is 6.11. The molecule has 0 aromatic carbocycles. The summed E-state index contributed by atoms with van der Waals surface area (Å²) in [6.45, 7) is 2.15. The van der Waals surface area contributed by atoms with Gasteiger partial charge in [0.1, 0.15) is 17.2 Å². The molecule has 0 bridgehead atoms. The van der Waals surface area contributed by atoms with Crippen LogP contribution in [0.25, 0.3) is 0 Å². The van der Waals surface area contributed by atoms with Gasteiger partial charge in [0.05, 0.1) is 12.2 Å². The van der Waals surface area contributed by atoms with Crippen LogP contribution in [0.4, 0.5) is 5.82 Å². The van der Waals surface area contributed by atoms with E-state index in [9.17, 15) is 0 Å². The minimum atomic E-state index is 0.288. The molecule has 100 valence electrons. The third-order valence-corrected chi connectivity index (χ3v) is 4.17. The van der Waals surface area contributed by atoms with Crippen molar-refractivity contribution in [3.05, 3.63) is 40.6 Å². The molecule has 2 aromatic rings. The Hall–Kier alpha value is -1.55. The number of aromatic nitrogens is 3. The van der Waals surface area contributed by atoms with Gasteiger partial charge in [-0.05, 0) is 37.8 Å². The van der Waals surface area contributed by atoms with Crippen molar-refractivity contribution < 1.29 is 0 Å². The SMILES string of the molecule is Cc1cc2c(n1C)CCCC2Nc1ncncc1Cl. The van der Waals surface area contributed by atoms with Crippen LogP contribution in [0, 0.1) is 6.92 Å². The maximum absolute atomic E-state index is 6.11. The highest BCUT2D eigenvalue weighted by molar-refractivity contribution is 6.32. The Bertz CT molecular complexity index is 605. The molecule has 5 heteroatoms. The van der Waals surface area contributed by atoms with Crippen LogP contribution in [0.15, 0.2) is 18.6 Å². The van der Waals surface area contributed by atoms with E-state index >= 15 is 0 Å². The molecule has 2 heterocycles. The van der Waals surface area contributed by atoms with Crippen LogP contribution in [-0.4, -0.2) is 14.5 Å². The van der Waals surface area contributed by atoms with Crippen molar-refractivity contribution in [2.75, 3.05) is 5.32 Å². The Morgan fingerprint density at radius 1 is 1.47 bits per heavy atom. The van der Waals surface area contributed by atoms with E-state index in [1.807, 2.05) is 0 Å². The molecule has 0 saturated carbocycles. The van der Waals surface area contributed by atoms with Crippen LogP contribution in [0.5, 0.6) is 0 Å². The molecule has 2 aromatic heterocycles. The van der Waals surface area contributed by atoms with E-state index < -0.39 is 0 Å². The molecule has 0 amide bonds. The summed E-state index contributed by atoms with van der Waals surface area (Å²) in [5.41, 5.74) is 4.10. The van der Waals surface area contributed by atoms with Gasteiger partial charge in [-0.25, -0.2) is 9.97 Å². The summed E-state index contributed by atoms with van der Waals surface area (Å²) in [5, 5.41) is 4.02. The monoisotopic (exact) mass is 276 g/mol. The fourth-order valence-electron chi connectivity index (χ4n) is 2.79. The quantitative estimate of drug-likeness (QED) is 0.915. The van der Waals surface area contributed by atoms with Crippen molar-refractivity contribution in [2.45, 2.75) is 32.2 Å². The Morgan fingerprint density at radius 3 is 3.11 bits per heavy atom. The van der Waals surface area contributed by atoms with Gasteiger partial charge >= 0.3 is 0 Å². The lowest BCUT2D eigenvalue weighted by Gasteiger charge is -2.25. The van der Waals surface area contributed by atoms with Crippen LogP contribution in [0.3, 0.4) is 0 Å². The lowest BCUT2D eigenvalue weighted by atomic mass is 9.92. The third-order valence-electron chi connectivity index (χ3n) is 3.89. The molecule has 0 radical (unpaired) electrons. The van der Waals surface area contributed by atoms with Crippen molar-refractivity contribution in [1.82, 2.24) is 14.5 Å². The molecule has 0 aliphatic heterocycles. The molecule has 4 nitrogen and oxygen atoms in total. The third kappa shape index (κ3) is 2.21. The first kappa shape index (κ1) is 12.5. The lowest BCUT2D eigenvalue weighted by Crippen LogP contribution is -2.18. The summed E-state index contributed by atoms with van der Waals surface area (Å²) in [4.78, 5) is 8.13. The van der Waals surface area contributed by atoms with Crippen LogP contribution < -0.4 is 5.32 Å². The largest absolute Gasteiger partial charge is 0.362 e. The summed E-state index contributed by atoms with van der Waals surface area (Å²) in [6, 6.07) is 2.55. The number of nitrogens with one attached hydrogen (secondary N) is 1. The first-order valence-electron chi connectivity index (χ1n) is 6.54.